The molecule has 4 aromatic carbocycles. The third-order valence-electron chi connectivity index (χ3n) is 8.51. The van der Waals surface area contributed by atoms with Gasteiger partial charge in [-0.25, -0.2) is 9.59 Å². The molecule has 0 heterocycles. The zero-order valence-corrected chi connectivity index (χ0v) is 33.3. The molecule has 0 aliphatic heterocycles. The van der Waals surface area contributed by atoms with Gasteiger partial charge in [0.25, 0.3) is 5.91 Å². The highest BCUT2D eigenvalue weighted by Crippen LogP contribution is 2.21. The second-order valence-corrected chi connectivity index (χ2v) is 14.5. The number of amides is 5. The van der Waals surface area contributed by atoms with Crippen molar-refractivity contribution in [3.05, 3.63) is 138 Å². The van der Waals surface area contributed by atoms with Crippen LogP contribution >= 0.6 is 0 Å². The molecule has 2 atom stereocenters. The molecule has 312 valence electrons. The summed E-state index contributed by atoms with van der Waals surface area (Å²) in [5.41, 5.74) is 2.16. The van der Waals surface area contributed by atoms with Gasteiger partial charge in [0, 0.05) is 13.0 Å². The van der Waals surface area contributed by atoms with Gasteiger partial charge >= 0.3 is 18.2 Å². The summed E-state index contributed by atoms with van der Waals surface area (Å²) < 4.78 is 15.8. The standard InChI is InChI=1S/C44H51N5O10/c1-44(2,3)59-43(56)48-36(26-30-21-23-34(50)24-22-30)41(54)47-35(20-13-25-45-42(55)58-28-31-14-7-4-8-15-31)40(53)46-27-38(52)57-29-37(51)49-39(32-16-9-5-10-17-32)33-18-11-6-12-19-33/h4-12,14-19,21-24,35-36,39,50H,13,20,25-29H2,1-3H3,(H,45,55)(H,46,53)(H,47,54)(H,48,56)(H,49,51)/t35-,36-/m0/s1. The van der Waals surface area contributed by atoms with Crippen LogP contribution in [0.25, 0.3) is 0 Å². The van der Waals surface area contributed by atoms with Crippen LogP contribution < -0.4 is 26.6 Å². The first-order valence-electron chi connectivity index (χ1n) is 19.1. The minimum Gasteiger partial charge on any atom is -0.508 e. The number of aromatic hydroxyl groups is 1. The molecule has 59 heavy (non-hydrogen) atoms. The van der Waals surface area contributed by atoms with Gasteiger partial charge in [0.15, 0.2) is 6.61 Å². The molecule has 0 saturated carbocycles. The zero-order chi connectivity index (χ0) is 42.6. The van der Waals surface area contributed by atoms with Gasteiger partial charge in [0.2, 0.25) is 11.8 Å². The number of phenols is 1. The Bertz CT molecular complexity index is 1930. The average Bonchev–Trinajstić information content (AvgIpc) is 3.22. The fourth-order valence-corrected chi connectivity index (χ4v) is 5.67. The summed E-state index contributed by atoms with van der Waals surface area (Å²) in [6, 6.07) is 30.7. The van der Waals surface area contributed by atoms with E-state index in [9.17, 15) is 33.9 Å². The maximum Gasteiger partial charge on any atom is 0.408 e. The fraction of sp³-hybridized carbons (Fsp3) is 0.318. The summed E-state index contributed by atoms with van der Waals surface area (Å²) >= 11 is 0. The van der Waals surface area contributed by atoms with Crippen molar-refractivity contribution in [1.29, 1.82) is 0 Å². The Morgan fingerprint density at radius 2 is 1.22 bits per heavy atom. The summed E-state index contributed by atoms with van der Waals surface area (Å²) in [5.74, 6) is -2.98. The van der Waals surface area contributed by atoms with Crippen molar-refractivity contribution in [3.63, 3.8) is 0 Å². The lowest BCUT2D eigenvalue weighted by atomic mass is 9.99. The van der Waals surface area contributed by atoms with Gasteiger partial charge in [0.1, 0.15) is 36.6 Å². The summed E-state index contributed by atoms with van der Waals surface area (Å²) in [6.45, 7) is 3.87. The molecule has 4 rings (SSSR count). The Labute approximate surface area is 343 Å². The molecule has 0 unspecified atom stereocenters. The van der Waals surface area contributed by atoms with Gasteiger partial charge in [-0.2, -0.15) is 0 Å². The van der Waals surface area contributed by atoms with Crippen LogP contribution in [0.3, 0.4) is 0 Å². The highest BCUT2D eigenvalue weighted by Gasteiger charge is 2.29. The summed E-state index contributed by atoms with van der Waals surface area (Å²) in [5, 5.41) is 22.9. The van der Waals surface area contributed by atoms with E-state index < -0.39 is 72.8 Å². The second-order valence-electron chi connectivity index (χ2n) is 14.5. The molecular formula is C44H51N5O10. The molecule has 0 saturated heterocycles. The number of carbonyl (C=O) groups excluding carboxylic acids is 6. The number of alkyl carbamates (subject to hydrolysis) is 2. The first-order valence-corrected chi connectivity index (χ1v) is 19.1. The molecular weight excluding hydrogens is 759 g/mol. The van der Waals surface area contributed by atoms with Gasteiger partial charge in [-0.15, -0.1) is 0 Å². The zero-order valence-electron chi connectivity index (χ0n) is 33.3. The van der Waals surface area contributed by atoms with Crippen LogP contribution in [0.2, 0.25) is 0 Å². The molecule has 0 bridgehead atoms. The number of hydrogen-bond donors (Lipinski definition) is 6. The van der Waals surface area contributed by atoms with Gasteiger partial charge in [-0.1, -0.05) is 103 Å². The van der Waals surface area contributed by atoms with E-state index in [1.54, 1.807) is 32.9 Å². The first kappa shape index (κ1) is 44.8. The van der Waals surface area contributed by atoms with Gasteiger partial charge in [-0.05, 0) is 68.0 Å². The molecule has 15 nitrogen and oxygen atoms in total. The van der Waals surface area contributed by atoms with Gasteiger partial charge in [-0.3, -0.25) is 19.2 Å². The average molecular weight is 810 g/mol. The molecule has 0 aromatic heterocycles. The predicted octanol–water partition coefficient (Wildman–Crippen LogP) is 4.58. The van der Waals surface area contributed by atoms with Crippen LogP contribution in [-0.4, -0.2) is 78.4 Å². The predicted molar refractivity (Wildman–Crippen MR) is 218 cm³/mol. The largest absolute Gasteiger partial charge is 0.508 e. The Morgan fingerprint density at radius 3 is 1.81 bits per heavy atom. The lowest BCUT2D eigenvalue weighted by molar-refractivity contribution is -0.148. The highest BCUT2D eigenvalue weighted by molar-refractivity contribution is 5.92. The topological polar surface area (TPSA) is 210 Å². The van der Waals surface area contributed by atoms with Crippen LogP contribution in [0.15, 0.2) is 115 Å². The van der Waals surface area contributed by atoms with Crippen molar-refractivity contribution >= 4 is 35.9 Å². The van der Waals surface area contributed by atoms with Crippen LogP contribution in [0.1, 0.15) is 61.9 Å². The number of phenolic OH excluding ortho intramolecular Hbond substituents is 1. The molecule has 0 radical (unpaired) electrons. The Hall–Kier alpha value is -6.90. The first-order chi connectivity index (χ1) is 28.3. The Balaban J connectivity index is 1.38. The summed E-state index contributed by atoms with van der Waals surface area (Å²) in [7, 11) is 0. The maximum absolute atomic E-state index is 13.8. The summed E-state index contributed by atoms with van der Waals surface area (Å²) in [4.78, 5) is 78.1. The molecule has 0 spiro atoms. The SMILES string of the molecule is CC(C)(C)OC(=O)N[C@@H](Cc1ccc(O)cc1)C(=O)N[C@@H](CCCNC(=O)OCc1ccccc1)C(=O)NCC(=O)OCC(=O)NC(c1ccccc1)c1ccccc1. The normalized spacial score (nSPS) is 11.9. The molecule has 15 heteroatoms. The smallest absolute Gasteiger partial charge is 0.408 e. The Kier molecular flexibility index (Phi) is 17.3. The quantitative estimate of drug-likeness (QED) is 0.0441. The lowest BCUT2D eigenvalue weighted by Crippen LogP contribution is -2.55. The third-order valence-corrected chi connectivity index (χ3v) is 8.51. The molecule has 0 fully saturated rings. The summed E-state index contributed by atoms with van der Waals surface area (Å²) in [6.07, 6.45) is -1.40. The van der Waals surface area contributed by atoms with Crippen molar-refractivity contribution in [3.8, 4) is 5.75 Å². The van der Waals surface area contributed by atoms with E-state index in [1.807, 2.05) is 91.0 Å². The van der Waals surface area contributed by atoms with Crippen LogP contribution in [0.5, 0.6) is 5.75 Å². The van der Waals surface area contributed by atoms with E-state index in [4.69, 9.17) is 14.2 Å². The molecule has 5 amide bonds. The van der Waals surface area contributed by atoms with Crippen LogP contribution in [0.4, 0.5) is 9.59 Å². The van der Waals surface area contributed by atoms with E-state index in [0.717, 1.165) is 16.7 Å². The lowest BCUT2D eigenvalue weighted by Gasteiger charge is -2.25. The molecule has 4 aromatic rings. The van der Waals surface area contributed by atoms with Crippen LogP contribution in [-0.2, 0) is 46.4 Å². The molecule has 0 aliphatic rings. The number of rotatable bonds is 19. The van der Waals surface area contributed by atoms with E-state index in [2.05, 4.69) is 26.6 Å². The van der Waals surface area contributed by atoms with Crippen molar-refractivity contribution in [2.45, 2.75) is 70.4 Å². The van der Waals surface area contributed by atoms with E-state index in [0.29, 0.717) is 5.56 Å². The van der Waals surface area contributed by atoms with Crippen molar-refractivity contribution in [2.24, 2.45) is 0 Å². The highest BCUT2D eigenvalue weighted by atomic mass is 16.6. The van der Waals surface area contributed by atoms with E-state index in [1.165, 1.54) is 12.1 Å². The van der Waals surface area contributed by atoms with Crippen LogP contribution in [0, 0.1) is 0 Å². The number of nitrogens with one attached hydrogen (secondary N) is 5. The number of benzene rings is 4. The van der Waals surface area contributed by atoms with Gasteiger partial charge < -0.3 is 45.9 Å². The molecule has 6 N–H and O–H groups in total. The number of esters is 1. The minimum absolute atomic E-state index is 0.00636. The van der Waals surface area contributed by atoms with Gasteiger partial charge in [0.05, 0.1) is 6.04 Å². The monoisotopic (exact) mass is 809 g/mol. The fourth-order valence-electron chi connectivity index (χ4n) is 5.67. The maximum atomic E-state index is 13.8. The van der Waals surface area contributed by atoms with Crippen molar-refractivity contribution in [1.82, 2.24) is 26.6 Å². The van der Waals surface area contributed by atoms with E-state index in [-0.39, 0.29) is 38.2 Å². The minimum atomic E-state index is -1.25. The third kappa shape index (κ3) is 16.6. The number of ether oxygens (including phenoxy) is 3. The van der Waals surface area contributed by atoms with E-state index >= 15 is 0 Å². The second kappa shape index (κ2) is 22.7. The Morgan fingerprint density at radius 1 is 0.627 bits per heavy atom. The van der Waals surface area contributed by atoms with Crippen molar-refractivity contribution < 1.29 is 48.1 Å². The number of hydrogen-bond acceptors (Lipinski definition) is 10. The number of carbonyl (C=O) groups is 6. The van der Waals surface area contributed by atoms with Crippen molar-refractivity contribution in [2.75, 3.05) is 19.7 Å². The molecule has 0 aliphatic carbocycles.